The Morgan fingerprint density at radius 1 is 1.12 bits per heavy atom. The number of aryl methyl sites for hydroxylation is 4. The first-order valence-corrected chi connectivity index (χ1v) is 8.90. The van der Waals surface area contributed by atoms with E-state index < -0.39 is 6.10 Å². The van der Waals surface area contributed by atoms with Gasteiger partial charge in [-0.3, -0.25) is 4.90 Å². The van der Waals surface area contributed by atoms with Gasteiger partial charge in [-0.1, -0.05) is 12.1 Å². The van der Waals surface area contributed by atoms with Gasteiger partial charge in [-0.05, 0) is 74.9 Å². The van der Waals surface area contributed by atoms with Gasteiger partial charge in [0, 0.05) is 26.0 Å². The highest BCUT2D eigenvalue weighted by atomic mass is 16.3. The molecule has 2 heterocycles. The molecule has 1 aromatic heterocycles. The highest BCUT2D eigenvalue weighted by molar-refractivity contribution is 5.36. The molecule has 0 amide bonds. The maximum Gasteiger partial charge on any atom is 0.137 e. The summed E-state index contributed by atoms with van der Waals surface area (Å²) in [5.41, 5.74) is 5.55. The molecule has 1 fully saturated rings. The summed E-state index contributed by atoms with van der Waals surface area (Å²) in [5.74, 6) is 1.10. The molecule has 130 valence electrons. The van der Waals surface area contributed by atoms with E-state index in [1.807, 2.05) is 17.8 Å². The zero-order valence-electron chi connectivity index (χ0n) is 15.3. The van der Waals surface area contributed by atoms with Crippen LogP contribution in [0, 0.1) is 26.7 Å². The number of rotatable bonds is 4. The quantitative estimate of drug-likeness (QED) is 0.937. The van der Waals surface area contributed by atoms with Crippen LogP contribution in [0.15, 0.2) is 24.5 Å². The minimum Gasteiger partial charge on any atom is -0.385 e. The fourth-order valence-corrected chi connectivity index (χ4v) is 3.73. The molecule has 4 heteroatoms. The van der Waals surface area contributed by atoms with Crippen molar-refractivity contribution in [3.8, 4) is 0 Å². The second-order valence-corrected chi connectivity index (χ2v) is 7.32. The molecule has 4 nitrogen and oxygen atoms in total. The van der Waals surface area contributed by atoms with Gasteiger partial charge in [0.15, 0.2) is 0 Å². The third-order valence-corrected chi connectivity index (χ3v) is 5.55. The number of aromatic nitrogens is 2. The summed E-state index contributed by atoms with van der Waals surface area (Å²) in [6.45, 7) is 9.67. The van der Waals surface area contributed by atoms with Gasteiger partial charge < -0.3 is 9.67 Å². The summed E-state index contributed by atoms with van der Waals surface area (Å²) in [7, 11) is 1.95. The molecule has 0 aliphatic carbocycles. The van der Waals surface area contributed by atoms with Crippen molar-refractivity contribution >= 4 is 0 Å². The number of imidazole rings is 1. The molecule has 1 aliphatic rings. The number of nitrogens with zero attached hydrogens (tertiary/aromatic N) is 3. The molecule has 24 heavy (non-hydrogen) atoms. The monoisotopic (exact) mass is 327 g/mol. The Kier molecular flexibility index (Phi) is 5.07. The molecule has 1 atom stereocenters. The van der Waals surface area contributed by atoms with Gasteiger partial charge in [0.1, 0.15) is 11.9 Å². The lowest BCUT2D eigenvalue weighted by atomic mass is 9.90. The Morgan fingerprint density at radius 3 is 2.42 bits per heavy atom. The molecule has 2 aromatic rings. The van der Waals surface area contributed by atoms with Crippen LogP contribution in [-0.4, -0.2) is 32.6 Å². The number of piperidine rings is 1. The van der Waals surface area contributed by atoms with Crippen LogP contribution in [0.25, 0.3) is 0 Å². The van der Waals surface area contributed by atoms with E-state index in [-0.39, 0.29) is 0 Å². The van der Waals surface area contributed by atoms with Crippen LogP contribution < -0.4 is 0 Å². The average molecular weight is 327 g/mol. The third-order valence-electron chi connectivity index (χ3n) is 5.55. The van der Waals surface area contributed by atoms with Gasteiger partial charge in [0.2, 0.25) is 0 Å². The zero-order chi connectivity index (χ0) is 17.3. The number of hydrogen-bond donors (Lipinski definition) is 1. The molecular formula is C20H29N3O. The van der Waals surface area contributed by atoms with Crippen LogP contribution >= 0.6 is 0 Å². The van der Waals surface area contributed by atoms with Crippen molar-refractivity contribution in [3.05, 3.63) is 52.6 Å². The standard InChI is InChI=1S/C20H29N3O/c1-14-11-16(3)18(12-15(14)2)13-23-8-5-17(6-9-23)19(24)20-21-7-10-22(20)4/h7,10-12,17,19,24H,5-6,8-9,13H2,1-4H3. The van der Waals surface area contributed by atoms with Crippen LogP contribution in [0.4, 0.5) is 0 Å². The van der Waals surface area contributed by atoms with Gasteiger partial charge in [0.25, 0.3) is 0 Å². The Morgan fingerprint density at radius 2 is 1.79 bits per heavy atom. The van der Waals surface area contributed by atoms with E-state index in [1.165, 1.54) is 22.3 Å². The van der Waals surface area contributed by atoms with Crippen molar-refractivity contribution in [2.24, 2.45) is 13.0 Å². The van der Waals surface area contributed by atoms with Crippen molar-refractivity contribution in [1.82, 2.24) is 14.5 Å². The van der Waals surface area contributed by atoms with Crippen LogP contribution in [-0.2, 0) is 13.6 Å². The van der Waals surface area contributed by atoms with Crippen molar-refractivity contribution in [1.29, 1.82) is 0 Å². The molecule has 0 spiro atoms. The summed E-state index contributed by atoms with van der Waals surface area (Å²) in [5, 5.41) is 10.6. The van der Waals surface area contributed by atoms with Crippen LogP contribution in [0.1, 0.15) is 47.0 Å². The van der Waals surface area contributed by atoms with E-state index >= 15 is 0 Å². The summed E-state index contributed by atoms with van der Waals surface area (Å²) in [6, 6.07) is 4.63. The minimum atomic E-state index is -0.449. The Hall–Kier alpha value is -1.65. The second-order valence-electron chi connectivity index (χ2n) is 7.32. The number of aliphatic hydroxyl groups excluding tert-OH is 1. The number of benzene rings is 1. The lowest BCUT2D eigenvalue weighted by Gasteiger charge is -2.34. The van der Waals surface area contributed by atoms with Crippen LogP contribution in [0.3, 0.4) is 0 Å². The lowest BCUT2D eigenvalue weighted by Crippen LogP contribution is -2.35. The summed E-state index contributed by atoms with van der Waals surface area (Å²) < 4.78 is 1.93. The molecule has 0 bridgehead atoms. The van der Waals surface area contributed by atoms with Crippen molar-refractivity contribution in [2.45, 2.75) is 46.3 Å². The van der Waals surface area contributed by atoms with Crippen molar-refractivity contribution in [2.75, 3.05) is 13.1 Å². The zero-order valence-corrected chi connectivity index (χ0v) is 15.3. The Bertz CT molecular complexity index is 699. The SMILES string of the molecule is Cc1cc(C)c(CN2CCC(C(O)c3nccn3C)CC2)cc1C. The minimum absolute atomic E-state index is 0.309. The fourth-order valence-electron chi connectivity index (χ4n) is 3.73. The maximum absolute atomic E-state index is 10.6. The number of likely N-dealkylation sites (tertiary alicyclic amines) is 1. The van der Waals surface area contributed by atoms with Crippen molar-refractivity contribution < 1.29 is 5.11 Å². The second kappa shape index (κ2) is 7.08. The van der Waals surface area contributed by atoms with E-state index in [4.69, 9.17) is 0 Å². The van der Waals surface area contributed by atoms with Crippen LogP contribution in [0.5, 0.6) is 0 Å². The molecule has 1 N–H and O–H groups in total. The predicted molar refractivity (Wildman–Crippen MR) is 96.8 cm³/mol. The predicted octanol–water partition coefficient (Wildman–Crippen LogP) is 3.29. The molecular weight excluding hydrogens is 298 g/mol. The van der Waals surface area contributed by atoms with E-state index in [0.717, 1.165) is 38.3 Å². The molecule has 1 aromatic carbocycles. The molecule has 0 saturated carbocycles. The van der Waals surface area contributed by atoms with Gasteiger partial charge in [0.05, 0.1) is 0 Å². The Balaban J connectivity index is 1.59. The maximum atomic E-state index is 10.6. The third kappa shape index (κ3) is 3.55. The molecule has 1 unspecified atom stereocenters. The summed E-state index contributed by atoms with van der Waals surface area (Å²) >= 11 is 0. The summed E-state index contributed by atoms with van der Waals surface area (Å²) in [6.07, 6.45) is 5.26. The van der Waals surface area contributed by atoms with Gasteiger partial charge in [-0.2, -0.15) is 0 Å². The van der Waals surface area contributed by atoms with E-state index in [9.17, 15) is 5.11 Å². The first-order valence-electron chi connectivity index (χ1n) is 8.90. The fraction of sp³-hybridized carbons (Fsp3) is 0.550. The number of aliphatic hydroxyl groups is 1. The van der Waals surface area contributed by atoms with E-state index in [2.05, 4.69) is 42.8 Å². The topological polar surface area (TPSA) is 41.3 Å². The highest BCUT2D eigenvalue weighted by Crippen LogP contribution is 2.30. The molecule has 1 saturated heterocycles. The number of hydrogen-bond acceptors (Lipinski definition) is 3. The first kappa shape index (κ1) is 17.2. The highest BCUT2D eigenvalue weighted by Gasteiger charge is 2.28. The van der Waals surface area contributed by atoms with E-state index in [0.29, 0.717) is 5.92 Å². The largest absolute Gasteiger partial charge is 0.385 e. The normalized spacial score (nSPS) is 18.0. The first-order chi connectivity index (χ1) is 11.5. The molecule has 3 rings (SSSR count). The smallest absolute Gasteiger partial charge is 0.137 e. The lowest BCUT2D eigenvalue weighted by molar-refractivity contribution is 0.0491. The van der Waals surface area contributed by atoms with Gasteiger partial charge in [-0.25, -0.2) is 4.98 Å². The van der Waals surface area contributed by atoms with Gasteiger partial charge >= 0.3 is 0 Å². The molecule has 0 radical (unpaired) electrons. The van der Waals surface area contributed by atoms with Crippen molar-refractivity contribution in [3.63, 3.8) is 0 Å². The van der Waals surface area contributed by atoms with E-state index in [1.54, 1.807) is 6.20 Å². The Labute approximate surface area is 145 Å². The molecule has 1 aliphatic heterocycles. The van der Waals surface area contributed by atoms with Crippen LogP contribution in [0.2, 0.25) is 0 Å². The van der Waals surface area contributed by atoms with Gasteiger partial charge in [-0.15, -0.1) is 0 Å². The average Bonchev–Trinajstić information content (AvgIpc) is 2.99. The summed E-state index contributed by atoms with van der Waals surface area (Å²) in [4.78, 5) is 6.82.